The third-order valence-electron chi connectivity index (χ3n) is 5.18. The van der Waals surface area contributed by atoms with Crippen LogP contribution < -0.4 is 0 Å². The number of azide groups is 1. The van der Waals surface area contributed by atoms with Crippen LogP contribution in [-0.4, -0.2) is 42.1 Å². The van der Waals surface area contributed by atoms with Crippen molar-refractivity contribution in [2.45, 2.75) is 49.6 Å². The Labute approximate surface area is 180 Å². The first kappa shape index (κ1) is 21.2. The molecule has 0 aromatic heterocycles. The van der Waals surface area contributed by atoms with Crippen molar-refractivity contribution in [1.29, 1.82) is 0 Å². The van der Waals surface area contributed by atoms with Crippen molar-refractivity contribution in [1.82, 2.24) is 0 Å². The Hall–Kier alpha value is -2.06. The first-order valence-electron chi connectivity index (χ1n) is 10.1. The summed E-state index contributed by atoms with van der Waals surface area (Å²) in [7, 11) is 0. The van der Waals surface area contributed by atoms with E-state index in [2.05, 4.69) is 10.0 Å². The maximum Gasteiger partial charge on any atom is 0.184 e. The number of rotatable bonds is 7. The molecule has 6 atom stereocenters. The fourth-order valence-corrected chi connectivity index (χ4v) is 4.74. The summed E-state index contributed by atoms with van der Waals surface area (Å²) in [4.78, 5) is 3.08. The lowest BCUT2D eigenvalue weighted by Crippen LogP contribution is -2.61. The van der Waals surface area contributed by atoms with E-state index >= 15 is 0 Å². The molecule has 7 nitrogen and oxygen atoms in total. The molecule has 4 rings (SSSR count). The summed E-state index contributed by atoms with van der Waals surface area (Å²) < 4.78 is 24.8. The van der Waals surface area contributed by atoms with Crippen molar-refractivity contribution >= 4 is 11.8 Å². The zero-order chi connectivity index (χ0) is 20.8. The molecule has 158 valence electrons. The molecule has 4 unspecified atom stereocenters. The Kier molecular flexibility index (Phi) is 7.28. The Bertz CT molecular complexity index is 850. The maximum absolute atomic E-state index is 9.21. The highest BCUT2D eigenvalue weighted by Crippen LogP contribution is 2.39. The van der Waals surface area contributed by atoms with Gasteiger partial charge in [0.1, 0.15) is 23.7 Å². The van der Waals surface area contributed by atoms with Crippen molar-refractivity contribution in [3.05, 3.63) is 82.2 Å². The van der Waals surface area contributed by atoms with Crippen LogP contribution in [0, 0.1) is 0 Å². The van der Waals surface area contributed by atoms with E-state index in [-0.39, 0.29) is 11.5 Å². The second kappa shape index (κ2) is 10.3. The largest absolute Gasteiger partial charge is 0.370 e. The molecule has 2 aliphatic rings. The second-order valence-electron chi connectivity index (χ2n) is 7.13. The van der Waals surface area contributed by atoms with Gasteiger partial charge in [0.15, 0.2) is 6.29 Å². The average molecular weight is 428 g/mol. The molecule has 0 spiro atoms. The van der Waals surface area contributed by atoms with Crippen molar-refractivity contribution in [3.8, 4) is 0 Å². The lowest BCUT2D eigenvalue weighted by Gasteiger charge is -2.48. The van der Waals surface area contributed by atoms with Gasteiger partial charge in [-0.2, -0.15) is 0 Å². The Morgan fingerprint density at radius 2 is 1.83 bits per heavy atom. The van der Waals surface area contributed by atoms with Crippen LogP contribution in [0.4, 0.5) is 0 Å². The van der Waals surface area contributed by atoms with Gasteiger partial charge in [0, 0.05) is 10.5 Å². The number of hydrogen-bond donors (Lipinski definition) is 0. The molecule has 0 saturated carbocycles. The molecule has 0 aliphatic carbocycles. The van der Waals surface area contributed by atoms with Crippen LogP contribution in [0.1, 0.15) is 24.3 Å². The summed E-state index contributed by atoms with van der Waals surface area (Å²) >= 11 is 1.60. The van der Waals surface area contributed by atoms with E-state index in [0.717, 1.165) is 16.9 Å². The van der Waals surface area contributed by atoms with Crippen molar-refractivity contribution < 1.29 is 18.9 Å². The van der Waals surface area contributed by atoms with Crippen LogP contribution in [-0.2, 0) is 25.6 Å². The smallest absolute Gasteiger partial charge is 0.184 e. The van der Waals surface area contributed by atoms with Gasteiger partial charge in [0.05, 0.1) is 19.3 Å². The number of ether oxygens (including phenoxy) is 4. The van der Waals surface area contributed by atoms with Gasteiger partial charge in [-0.05, 0) is 16.8 Å². The SMILES string of the molecule is CCS[C@@H]1OC2COC(c3ccccc3)O[C@H]2C(OCc2ccccc2)C1N=[N+]=[N-]. The molecule has 2 heterocycles. The number of thioether (sulfide) groups is 1. The monoisotopic (exact) mass is 427 g/mol. The minimum absolute atomic E-state index is 0.292. The van der Waals surface area contributed by atoms with Crippen LogP contribution >= 0.6 is 11.8 Å². The fourth-order valence-electron chi connectivity index (χ4n) is 3.78. The molecule has 0 bridgehead atoms. The average Bonchev–Trinajstić information content (AvgIpc) is 2.80. The summed E-state index contributed by atoms with van der Waals surface area (Å²) in [6.45, 7) is 2.83. The van der Waals surface area contributed by atoms with Gasteiger partial charge in [-0.1, -0.05) is 72.7 Å². The number of benzene rings is 2. The second-order valence-corrected chi connectivity index (χ2v) is 8.51. The zero-order valence-electron chi connectivity index (χ0n) is 16.7. The molecular formula is C22H25N3O4S. The normalized spacial score (nSPS) is 30.8. The van der Waals surface area contributed by atoms with Crippen molar-refractivity contribution in [3.63, 3.8) is 0 Å². The Morgan fingerprint density at radius 3 is 2.53 bits per heavy atom. The van der Waals surface area contributed by atoms with E-state index in [1.54, 1.807) is 11.8 Å². The first-order chi connectivity index (χ1) is 14.8. The van der Waals surface area contributed by atoms with Gasteiger partial charge in [0.25, 0.3) is 0 Å². The number of nitrogens with zero attached hydrogens (tertiary/aromatic N) is 3. The quantitative estimate of drug-likeness (QED) is 0.358. The summed E-state index contributed by atoms with van der Waals surface area (Å²) in [5.41, 5.74) is 10.9. The first-order valence-corrected chi connectivity index (χ1v) is 11.1. The van der Waals surface area contributed by atoms with Crippen LogP contribution in [0.2, 0.25) is 0 Å². The molecule has 0 radical (unpaired) electrons. The van der Waals surface area contributed by atoms with Crippen molar-refractivity contribution in [2.24, 2.45) is 5.11 Å². The molecule has 2 aliphatic heterocycles. The fraction of sp³-hybridized carbons (Fsp3) is 0.455. The van der Waals surface area contributed by atoms with Gasteiger partial charge < -0.3 is 18.9 Å². The summed E-state index contributed by atoms with van der Waals surface area (Å²) in [6.07, 6.45) is -1.66. The molecule has 30 heavy (non-hydrogen) atoms. The molecule has 2 saturated heterocycles. The van der Waals surface area contributed by atoms with Gasteiger partial charge in [-0.3, -0.25) is 0 Å². The van der Waals surface area contributed by atoms with Gasteiger partial charge in [-0.25, -0.2) is 0 Å². The lowest BCUT2D eigenvalue weighted by molar-refractivity contribution is -0.311. The third-order valence-corrected chi connectivity index (χ3v) is 6.23. The highest BCUT2D eigenvalue weighted by atomic mass is 32.2. The molecule has 8 heteroatoms. The van der Waals surface area contributed by atoms with Crippen molar-refractivity contribution in [2.75, 3.05) is 12.4 Å². The topological polar surface area (TPSA) is 85.7 Å². The Morgan fingerprint density at radius 1 is 1.10 bits per heavy atom. The zero-order valence-corrected chi connectivity index (χ0v) is 17.6. The van der Waals surface area contributed by atoms with E-state index in [4.69, 9.17) is 18.9 Å². The van der Waals surface area contributed by atoms with Crippen LogP contribution in [0.25, 0.3) is 10.4 Å². The molecule has 2 aromatic carbocycles. The predicted molar refractivity (Wildman–Crippen MR) is 115 cm³/mol. The number of fused-ring (bicyclic) bond motifs is 1. The summed E-state index contributed by atoms with van der Waals surface area (Å²) in [6, 6.07) is 19.2. The van der Waals surface area contributed by atoms with Gasteiger partial charge in [0.2, 0.25) is 0 Å². The number of hydrogen-bond acceptors (Lipinski definition) is 6. The minimum atomic E-state index is -0.513. The van der Waals surface area contributed by atoms with Crippen LogP contribution in [0.5, 0.6) is 0 Å². The Balaban J connectivity index is 1.59. The highest BCUT2D eigenvalue weighted by Gasteiger charge is 2.50. The molecule has 2 aromatic rings. The summed E-state index contributed by atoms with van der Waals surface area (Å²) in [5, 5.41) is 4.06. The summed E-state index contributed by atoms with van der Waals surface area (Å²) in [5.74, 6) is 0.833. The van der Waals surface area contributed by atoms with Crippen LogP contribution in [0.3, 0.4) is 0 Å². The molecule has 2 fully saturated rings. The standard InChI is InChI=1S/C22H25N3O4S/c1-2-30-22-18(24-25-23)20(26-13-15-9-5-3-6-10-15)19-17(28-22)14-27-21(29-19)16-11-7-4-8-12-16/h3-12,17-22H,2,13-14H2,1H3/t17?,18?,19-,20?,21?,22+/m1/s1. The van der Waals surface area contributed by atoms with E-state index in [9.17, 15) is 5.53 Å². The van der Waals surface area contributed by atoms with Gasteiger partial charge >= 0.3 is 0 Å². The third kappa shape index (κ3) is 4.81. The molecular weight excluding hydrogens is 402 g/mol. The van der Waals surface area contributed by atoms with Crippen LogP contribution in [0.15, 0.2) is 65.8 Å². The van der Waals surface area contributed by atoms with E-state index in [1.807, 2.05) is 67.6 Å². The predicted octanol–water partition coefficient (Wildman–Crippen LogP) is 4.84. The molecule has 0 amide bonds. The van der Waals surface area contributed by atoms with E-state index in [0.29, 0.717) is 13.2 Å². The maximum atomic E-state index is 9.21. The molecule has 0 N–H and O–H groups in total. The highest BCUT2D eigenvalue weighted by molar-refractivity contribution is 7.99. The lowest BCUT2D eigenvalue weighted by atomic mass is 9.97. The van der Waals surface area contributed by atoms with E-state index in [1.165, 1.54) is 0 Å². The van der Waals surface area contributed by atoms with Gasteiger partial charge in [-0.15, -0.1) is 11.8 Å². The minimum Gasteiger partial charge on any atom is -0.370 e. The van der Waals surface area contributed by atoms with E-state index < -0.39 is 24.5 Å².